The number of rotatable bonds is 9. The van der Waals surface area contributed by atoms with Crippen molar-refractivity contribution < 1.29 is 14.3 Å². The Morgan fingerprint density at radius 3 is 2.80 bits per heavy atom. The first-order valence-electron chi connectivity index (χ1n) is 10.6. The zero-order chi connectivity index (χ0) is 20.9. The van der Waals surface area contributed by atoms with Crippen LogP contribution < -0.4 is 0 Å². The Morgan fingerprint density at radius 2 is 2.00 bits per heavy atom. The Hall–Kier alpha value is -2.48. The van der Waals surface area contributed by atoms with Gasteiger partial charge in [-0.1, -0.05) is 18.2 Å². The molecule has 2 aromatic heterocycles. The van der Waals surface area contributed by atoms with Gasteiger partial charge in [-0.05, 0) is 25.1 Å². The van der Waals surface area contributed by atoms with E-state index in [9.17, 15) is 4.79 Å². The molecule has 1 aliphatic heterocycles. The van der Waals surface area contributed by atoms with Crippen molar-refractivity contribution in [2.45, 2.75) is 19.4 Å². The molecule has 1 saturated heterocycles. The Morgan fingerprint density at radius 1 is 1.20 bits per heavy atom. The van der Waals surface area contributed by atoms with Crippen molar-refractivity contribution in [3.8, 4) is 11.3 Å². The van der Waals surface area contributed by atoms with Crippen molar-refractivity contribution in [2.24, 2.45) is 7.05 Å². The van der Waals surface area contributed by atoms with Crippen LogP contribution in [0.15, 0.2) is 36.5 Å². The number of carbonyl (C=O) groups is 1. The van der Waals surface area contributed by atoms with Gasteiger partial charge in [-0.15, -0.1) is 0 Å². The van der Waals surface area contributed by atoms with Gasteiger partial charge in [0.25, 0.3) is 0 Å². The summed E-state index contributed by atoms with van der Waals surface area (Å²) in [5.74, 6) is 0.105. The molecule has 0 atom stereocenters. The second-order valence-electron chi connectivity index (χ2n) is 7.77. The Labute approximate surface area is 177 Å². The minimum Gasteiger partial charge on any atom is -0.383 e. The van der Waals surface area contributed by atoms with Gasteiger partial charge in [0.2, 0.25) is 0 Å². The molecular weight excluding hydrogens is 380 g/mol. The summed E-state index contributed by atoms with van der Waals surface area (Å²) in [6.07, 6.45) is 3.50. The minimum absolute atomic E-state index is 0.105. The quantitative estimate of drug-likeness (QED) is 0.508. The number of hydrogen-bond acceptors (Lipinski definition) is 5. The maximum Gasteiger partial charge on any atom is 0.183 e. The SMILES string of the molecule is COCCn1cc(-c2cc(C(=O)CCCN3CCOCC3)nn2C)c2ccccc21. The van der Waals surface area contributed by atoms with Gasteiger partial charge in [0.1, 0.15) is 5.69 Å². The molecule has 7 nitrogen and oxygen atoms in total. The number of fused-ring (bicyclic) bond motifs is 1. The van der Waals surface area contributed by atoms with E-state index in [4.69, 9.17) is 9.47 Å². The van der Waals surface area contributed by atoms with Crippen molar-refractivity contribution in [1.82, 2.24) is 19.2 Å². The highest BCUT2D eigenvalue weighted by molar-refractivity contribution is 5.98. The van der Waals surface area contributed by atoms with Gasteiger partial charge in [-0.3, -0.25) is 14.4 Å². The summed E-state index contributed by atoms with van der Waals surface area (Å²) in [6.45, 7) is 5.84. The van der Waals surface area contributed by atoms with Gasteiger partial charge in [0.05, 0.1) is 25.5 Å². The van der Waals surface area contributed by atoms with Crippen LogP contribution >= 0.6 is 0 Å². The molecule has 3 aromatic rings. The highest BCUT2D eigenvalue weighted by Crippen LogP contribution is 2.31. The molecule has 0 unspecified atom stereocenters. The molecule has 0 N–H and O–H groups in total. The number of carbonyl (C=O) groups excluding carboxylic acids is 1. The third-order valence-electron chi connectivity index (χ3n) is 5.75. The largest absolute Gasteiger partial charge is 0.383 e. The first-order chi connectivity index (χ1) is 14.7. The molecule has 0 spiro atoms. The number of methoxy groups -OCH3 is 1. The molecule has 30 heavy (non-hydrogen) atoms. The maximum atomic E-state index is 12.8. The van der Waals surface area contributed by atoms with Crippen LogP contribution in [0.4, 0.5) is 0 Å². The zero-order valence-corrected chi connectivity index (χ0v) is 17.8. The molecule has 1 fully saturated rings. The smallest absolute Gasteiger partial charge is 0.183 e. The van der Waals surface area contributed by atoms with E-state index in [2.05, 4.69) is 32.9 Å². The lowest BCUT2D eigenvalue weighted by Crippen LogP contribution is -2.36. The standard InChI is InChI=1S/C23H30N4O3/c1-25-22(19-17-27(12-13-29-2)21-7-4-3-6-18(19)21)16-20(24-25)23(28)8-5-9-26-10-14-30-15-11-26/h3-4,6-7,16-17H,5,8-15H2,1-2H3. The van der Waals surface area contributed by atoms with Crippen LogP contribution in [-0.4, -0.2) is 71.6 Å². The van der Waals surface area contributed by atoms with Crippen LogP contribution in [0.1, 0.15) is 23.3 Å². The number of ketones is 1. The lowest BCUT2D eigenvalue weighted by atomic mass is 10.1. The second-order valence-corrected chi connectivity index (χ2v) is 7.77. The first-order valence-corrected chi connectivity index (χ1v) is 10.6. The average Bonchev–Trinajstić information content (AvgIpc) is 3.33. The van der Waals surface area contributed by atoms with Crippen molar-refractivity contribution in [3.63, 3.8) is 0 Å². The topological polar surface area (TPSA) is 61.5 Å². The van der Waals surface area contributed by atoms with Crippen LogP contribution in [-0.2, 0) is 23.1 Å². The summed E-state index contributed by atoms with van der Waals surface area (Å²) in [4.78, 5) is 15.1. The van der Waals surface area contributed by atoms with Crippen molar-refractivity contribution in [1.29, 1.82) is 0 Å². The fourth-order valence-electron chi connectivity index (χ4n) is 4.10. The van der Waals surface area contributed by atoms with E-state index >= 15 is 0 Å². The molecular formula is C23H30N4O3. The molecule has 1 aliphatic rings. The van der Waals surface area contributed by atoms with E-state index in [0.29, 0.717) is 18.7 Å². The maximum absolute atomic E-state index is 12.8. The molecule has 4 rings (SSSR count). The molecule has 0 aliphatic carbocycles. The highest BCUT2D eigenvalue weighted by atomic mass is 16.5. The van der Waals surface area contributed by atoms with Gasteiger partial charge in [0, 0.05) is 62.9 Å². The van der Waals surface area contributed by atoms with E-state index in [0.717, 1.165) is 68.0 Å². The van der Waals surface area contributed by atoms with Crippen LogP contribution in [0.5, 0.6) is 0 Å². The number of aromatic nitrogens is 3. The molecule has 0 bridgehead atoms. The van der Waals surface area contributed by atoms with Gasteiger partial charge in [-0.25, -0.2) is 0 Å². The molecule has 7 heteroatoms. The number of para-hydroxylation sites is 1. The van der Waals surface area contributed by atoms with Crippen LogP contribution in [0.2, 0.25) is 0 Å². The summed E-state index contributed by atoms with van der Waals surface area (Å²) >= 11 is 0. The minimum atomic E-state index is 0.105. The van der Waals surface area contributed by atoms with Gasteiger partial charge in [-0.2, -0.15) is 5.10 Å². The van der Waals surface area contributed by atoms with Crippen LogP contribution in [0.3, 0.4) is 0 Å². The lowest BCUT2D eigenvalue weighted by molar-refractivity contribution is 0.0371. The summed E-state index contributed by atoms with van der Waals surface area (Å²) in [6, 6.07) is 10.2. The van der Waals surface area contributed by atoms with Crippen molar-refractivity contribution in [2.75, 3.05) is 46.6 Å². The molecule has 0 radical (unpaired) electrons. The third-order valence-corrected chi connectivity index (χ3v) is 5.75. The normalized spacial score (nSPS) is 15.1. The fraction of sp³-hybridized carbons (Fsp3) is 0.478. The van der Waals surface area contributed by atoms with Crippen molar-refractivity contribution >= 4 is 16.7 Å². The molecule has 0 saturated carbocycles. The third kappa shape index (κ3) is 4.48. The van der Waals surface area contributed by atoms with E-state index < -0.39 is 0 Å². The Kier molecular flexibility index (Phi) is 6.62. The number of ether oxygens (including phenoxy) is 2. The van der Waals surface area contributed by atoms with Gasteiger partial charge < -0.3 is 14.0 Å². The molecule has 3 heterocycles. The van der Waals surface area contributed by atoms with Crippen LogP contribution in [0.25, 0.3) is 22.2 Å². The average molecular weight is 411 g/mol. The predicted molar refractivity (Wildman–Crippen MR) is 117 cm³/mol. The summed E-state index contributed by atoms with van der Waals surface area (Å²) in [7, 11) is 3.62. The van der Waals surface area contributed by atoms with E-state index in [-0.39, 0.29) is 5.78 Å². The highest BCUT2D eigenvalue weighted by Gasteiger charge is 2.18. The van der Waals surface area contributed by atoms with E-state index in [1.807, 2.05) is 29.9 Å². The summed E-state index contributed by atoms with van der Waals surface area (Å²) < 4.78 is 14.7. The van der Waals surface area contributed by atoms with Crippen molar-refractivity contribution in [3.05, 3.63) is 42.2 Å². The van der Waals surface area contributed by atoms with Gasteiger partial charge in [0.15, 0.2) is 5.78 Å². The number of aryl methyl sites for hydroxylation is 1. The summed E-state index contributed by atoms with van der Waals surface area (Å²) in [5, 5.41) is 5.69. The first kappa shape index (κ1) is 20.8. The molecule has 0 amide bonds. The number of morpholine rings is 1. The lowest BCUT2D eigenvalue weighted by Gasteiger charge is -2.26. The number of benzene rings is 1. The number of nitrogens with zero attached hydrogens (tertiary/aromatic N) is 4. The zero-order valence-electron chi connectivity index (χ0n) is 17.8. The number of hydrogen-bond donors (Lipinski definition) is 0. The predicted octanol–water partition coefficient (Wildman–Crippen LogP) is 2.98. The number of Topliss-reactive ketones (excluding diaryl/α,β-unsaturated/α-hetero) is 1. The Bertz CT molecular complexity index is 1000. The fourth-order valence-corrected chi connectivity index (χ4v) is 4.10. The monoisotopic (exact) mass is 410 g/mol. The van der Waals surface area contributed by atoms with E-state index in [1.54, 1.807) is 7.11 Å². The second kappa shape index (κ2) is 9.55. The summed E-state index contributed by atoms with van der Waals surface area (Å²) in [5.41, 5.74) is 3.75. The van der Waals surface area contributed by atoms with Gasteiger partial charge >= 0.3 is 0 Å². The molecule has 1 aromatic carbocycles. The van der Waals surface area contributed by atoms with Crippen LogP contribution in [0, 0.1) is 0 Å². The molecule has 160 valence electrons. The Balaban J connectivity index is 1.50. The van der Waals surface area contributed by atoms with E-state index in [1.165, 1.54) is 0 Å².